The van der Waals surface area contributed by atoms with E-state index in [4.69, 9.17) is 16.3 Å². The van der Waals surface area contributed by atoms with Crippen LogP contribution in [-0.4, -0.2) is 27.9 Å². The maximum absolute atomic E-state index is 12.5. The fraction of sp³-hybridized carbons (Fsp3) is 0.0476. The Hall–Kier alpha value is -3.94. The molecular formula is C21H14ClN5O4S. The highest BCUT2D eigenvalue weighted by atomic mass is 35.5. The van der Waals surface area contributed by atoms with Crippen LogP contribution in [0.3, 0.4) is 0 Å². The number of carbonyl (C=O) groups is 1. The second-order valence-electron chi connectivity index (χ2n) is 6.09. The predicted molar refractivity (Wildman–Crippen MR) is 119 cm³/mol. The largest absolute Gasteiger partial charge is 0.495 e. The van der Waals surface area contributed by atoms with Crippen molar-refractivity contribution in [2.24, 2.45) is 0 Å². The summed E-state index contributed by atoms with van der Waals surface area (Å²) in [7, 11) is 1.46. The van der Waals surface area contributed by atoms with Crippen LogP contribution < -0.4 is 10.1 Å². The number of hydrogen-bond donors (Lipinski definition) is 1. The van der Waals surface area contributed by atoms with E-state index < -0.39 is 10.8 Å². The molecule has 0 saturated heterocycles. The predicted octanol–water partition coefficient (Wildman–Crippen LogP) is 4.74. The Labute approximate surface area is 191 Å². The summed E-state index contributed by atoms with van der Waals surface area (Å²) >= 11 is 7.08. The van der Waals surface area contributed by atoms with Crippen LogP contribution in [0.1, 0.15) is 5.56 Å². The van der Waals surface area contributed by atoms with Crippen molar-refractivity contribution >= 4 is 46.7 Å². The maximum atomic E-state index is 12.5. The number of nitro benzene ring substituents is 1. The lowest BCUT2D eigenvalue weighted by molar-refractivity contribution is -0.387. The van der Waals surface area contributed by atoms with E-state index in [0.29, 0.717) is 32.1 Å². The molecule has 160 valence electrons. The quantitative estimate of drug-likeness (QED) is 0.173. The molecule has 32 heavy (non-hydrogen) atoms. The van der Waals surface area contributed by atoms with E-state index in [1.807, 2.05) is 6.07 Å². The molecule has 3 rings (SSSR count). The van der Waals surface area contributed by atoms with Gasteiger partial charge in [-0.15, -0.1) is 0 Å². The summed E-state index contributed by atoms with van der Waals surface area (Å²) < 4.78 is 5.06. The highest BCUT2D eigenvalue weighted by Gasteiger charge is 2.18. The summed E-state index contributed by atoms with van der Waals surface area (Å²) in [5.41, 5.74) is 0.242. The summed E-state index contributed by atoms with van der Waals surface area (Å²) in [5, 5.41) is 24.2. The van der Waals surface area contributed by atoms with Crippen LogP contribution >= 0.6 is 23.4 Å². The van der Waals surface area contributed by atoms with E-state index in [2.05, 4.69) is 15.3 Å². The van der Waals surface area contributed by atoms with Crippen LogP contribution in [0.5, 0.6) is 5.75 Å². The Morgan fingerprint density at radius 1 is 1.28 bits per heavy atom. The minimum absolute atomic E-state index is 0.198. The average molecular weight is 468 g/mol. The van der Waals surface area contributed by atoms with Crippen LogP contribution in [-0.2, 0) is 4.79 Å². The van der Waals surface area contributed by atoms with E-state index in [-0.39, 0.29) is 11.3 Å². The van der Waals surface area contributed by atoms with Gasteiger partial charge in [0.25, 0.3) is 11.6 Å². The smallest absolute Gasteiger partial charge is 0.283 e. The first kappa shape index (κ1) is 22.7. The topological polar surface area (TPSA) is 131 Å². The number of hydrogen-bond acceptors (Lipinski definition) is 8. The lowest BCUT2D eigenvalue weighted by atomic mass is 10.1. The Bertz CT molecular complexity index is 1240. The average Bonchev–Trinajstić information content (AvgIpc) is 2.79. The van der Waals surface area contributed by atoms with Gasteiger partial charge in [0, 0.05) is 24.1 Å². The molecule has 0 bridgehead atoms. The summed E-state index contributed by atoms with van der Waals surface area (Å²) in [5.74, 6) is -0.251. The van der Waals surface area contributed by atoms with E-state index in [0.717, 1.165) is 11.8 Å². The maximum Gasteiger partial charge on any atom is 0.283 e. The number of anilines is 1. The number of methoxy groups -OCH3 is 1. The first-order valence-corrected chi connectivity index (χ1v) is 10.1. The SMILES string of the molecule is COc1ccc(NC(=O)/C(C#N)=C/c2ccc(Sc3ncccn3)c([N+](=O)[O-])c2)cc1Cl. The highest BCUT2D eigenvalue weighted by Crippen LogP contribution is 2.34. The van der Waals surface area contributed by atoms with E-state index in [1.54, 1.807) is 24.3 Å². The van der Waals surface area contributed by atoms with Gasteiger partial charge in [-0.25, -0.2) is 9.97 Å². The van der Waals surface area contributed by atoms with Crippen molar-refractivity contribution in [1.29, 1.82) is 5.26 Å². The Kier molecular flexibility index (Phi) is 7.38. The zero-order valence-corrected chi connectivity index (χ0v) is 18.1. The second kappa shape index (κ2) is 10.4. The van der Waals surface area contributed by atoms with Crippen molar-refractivity contribution in [2.45, 2.75) is 10.1 Å². The van der Waals surface area contributed by atoms with Gasteiger partial charge in [0.2, 0.25) is 0 Å². The molecular weight excluding hydrogens is 454 g/mol. The Morgan fingerprint density at radius 3 is 2.66 bits per heavy atom. The molecule has 0 saturated carbocycles. The van der Waals surface area contributed by atoms with Gasteiger partial charge in [-0.2, -0.15) is 5.26 Å². The standard InChI is InChI=1S/C21H14ClN5O4S/c1-31-18-5-4-15(11-16(18)22)26-20(28)14(12-23)9-13-3-6-19(17(10-13)27(29)30)32-21-24-7-2-8-25-21/h2-11H,1H3,(H,26,28)/b14-9+. The highest BCUT2D eigenvalue weighted by molar-refractivity contribution is 7.99. The van der Waals surface area contributed by atoms with Crippen molar-refractivity contribution in [3.05, 3.63) is 81.1 Å². The van der Waals surface area contributed by atoms with Gasteiger partial charge < -0.3 is 10.1 Å². The molecule has 0 radical (unpaired) electrons. The lowest BCUT2D eigenvalue weighted by Crippen LogP contribution is -2.13. The van der Waals surface area contributed by atoms with Crippen molar-refractivity contribution in [3.8, 4) is 11.8 Å². The molecule has 0 aliphatic rings. The third-order valence-electron chi connectivity index (χ3n) is 4.01. The molecule has 1 amide bonds. The third-order valence-corrected chi connectivity index (χ3v) is 5.26. The number of rotatable bonds is 7. The molecule has 9 nitrogen and oxygen atoms in total. The molecule has 0 atom stereocenters. The summed E-state index contributed by atoms with van der Waals surface area (Å²) in [6, 6.07) is 12.4. The molecule has 1 aromatic heterocycles. The molecule has 0 aliphatic carbocycles. The van der Waals surface area contributed by atoms with Crippen LogP contribution in [0.4, 0.5) is 11.4 Å². The number of nitro groups is 1. The summed E-state index contributed by atoms with van der Waals surface area (Å²) in [6.07, 6.45) is 4.33. The van der Waals surface area contributed by atoms with Crippen molar-refractivity contribution < 1.29 is 14.5 Å². The molecule has 0 aliphatic heterocycles. The monoisotopic (exact) mass is 467 g/mol. The number of nitrogens with one attached hydrogen (secondary N) is 1. The second-order valence-corrected chi connectivity index (χ2v) is 7.51. The first-order valence-electron chi connectivity index (χ1n) is 8.91. The number of nitriles is 1. The number of carbonyl (C=O) groups excluding carboxylic acids is 1. The summed E-state index contributed by atoms with van der Waals surface area (Å²) in [6.45, 7) is 0. The van der Waals surface area contributed by atoms with E-state index in [1.165, 1.54) is 43.8 Å². The van der Waals surface area contributed by atoms with Crippen LogP contribution in [0.2, 0.25) is 5.02 Å². The zero-order valence-electron chi connectivity index (χ0n) is 16.5. The first-order chi connectivity index (χ1) is 15.4. The Morgan fingerprint density at radius 2 is 2.03 bits per heavy atom. The van der Waals surface area contributed by atoms with Crippen molar-refractivity contribution in [3.63, 3.8) is 0 Å². The molecule has 11 heteroatoms. The third kappa shape index (κ3) is 5.60. The molecule has 1 N–H and O–H groups in total. The van der Waals surface area contributed by atoms with Gasteiger partial charge in [0.15, 0.2) is 5.16 Å². The summed E-state index contributed by atoms with van der Waals surface area (Å²) in [4.78, 5) is 31.9. The number of nitrogens with zero attached hydrogens (tertiary/aromatic N) is 4. The van der Waals surface area contributed by atoms with Crippen LogP contribution in [0.15, 0.2) is 70.5 Å². The molecule has 3 aromatic rings. The molecule has 2 aromatic carbocycles. The minimum atomic E-state index is -0.687. The van der Waals surface area contributed by atoms with Gasteiger partial charge >= 0.3 is 0 Å². The van der Waals surface area contributed by atoms with Crippen molar-refractivity contribution in [2.75, 3.05) is 12.4 Å². The van der Waals surface area contributed by atoms with Gasteiger partial charge in [-0.1, -0.05) is 17.7 Å². The molecule has 0 spiro atoms. The van der Waals surface area contributed by atoms with Gasteiger partial charge in [-0.3, -0.25) is 14.9 Å². The number of aromatic nitrogens is 2. The number of benzene rings is 2. The zero-order chi connectivity index (χ0) is 23.1. The van der Waals surface area contributed by atoms with Gasteiger partial charge in [0.05, 0.1) is 22.0 Å². The van der Waals surface area contributed by atoms with Crippen LogP contribution in [0.25, 0.3) is 6.08 Å². The van der Waals surface area contributed by atoms with Crippen molar-refractivity contribution in [1.82, 2.24) is 9.97 Å². The van der Waals surface area contributed by atoms with E-state index in [9.17, 15) is 20.2 Å². The van der Waals surface area contributed by atoms with Gasteiger partial charge in [0.1, 0.15) is 17.4 Å². The number of halogens is 1. The lowest BCUT2D eigenvalue weighted by Gasteiger charge is -2.08. The van der Waals surface area contributed by atoms with Crippen LogP contribution in [0, 0.1) is 21.4 Å². The Balaban J connectivity index is 1.85. The fourth-order valence-corrected chi connectivity index (χ4v) is 3.60. The molecule has 0 unspecified atom stereocenters. The van der Waals surface area contributed by atoms with E-state index >= 15 is 0 Å². The normalized spacial score (nSPS) is 10.8. The number of amides is 1. The molecule has 0 fully saturated rings. The van der Waals surface area contributed by atoms with Gasteiger partial charge in [-0.05, 0) is 53.7 Å². The fourth-order valence-electron chi connectivity index (χ4n) is 2.55. The number of ether oxygens (including phenoxy) is 1. The molecule has 1 heterocycles. The minimum Gasteiger partial charge on any atom is -0.495 e.